The minimum atomic E-state index is -4.13. The van der Waals surface area contributed by atoms with E-state index in [-0.39, 0.29) is 51.8 Å². The van der Waals surface area contributed by atoms with Crippen LogP contribution < -0.4 is 43.7 Å². The van der Waals surface area contributed by atoms with Crippen molar-refractivity contribution in [3.05, 3.63) is 69.7 Å². The van der Waals surface area contributed by atoms with E-state index in [1.54, 1.807) is 37.4 Å². The van der Waals surface area contributed by atoms with Gasteiger partial charge >= 0.3 is 29.6 Å². The Balaban J connectivity index is 0.00000408. The molecule has 0 radical (unpaired) electrons. The number of aromatic nitrogens is 1. The van der Waals surface area contributed by atoms with Crippen LogP contribution in [0.4, 0.5) is 10.1 Å². The SMILES string of the molecule is Cc1cc(C)c(OCc2ccc(C(=O)[O-])cc2)c(N(CC(C)F)S(=O)(=O)c2nc(C)cs2)c1.[Na+]. The van der Waals surface area contributed by atoms with Crippen molar-refractivity contribution in [1.82, 2.24) is 4.98 Å². The zero-order valence-corrected chi connectivity index (χ0v) is 23.3. The van der Waals surface area contributed by atoms with Crippen LogP contribution in [0.3, 0.4) is 0 Å². The molecule has 7 nitrogen and oxygen atoms in total. The van der Waals surface area contributed by atoms with Gasteiger partial charge in [0, 0.05) is 11.1 Å². The van der Waals surface area contributed by atoms with Gasteiger partial charge in [-0.1, -0.05) is 30.3 Å². The number of ether oxygens (including phenoxy) is 1. The molecule has 0 N–H and O–H groups in total. The first-order valence-electron chi connectivity index (χ1n) is 10.1. The number of halogens is 1. The molecule has 34 heavy (non-hydrogen) atoms. The Morgan fingerprint density at radius 2 is 1.85 bits per heavy atom. The Bertz CT molecular complexity index is 1260. The van der Waals surface area contributed by atoms with Crippen LogP contribution in [0, 0.1) is 20.8 Å². The quantitative estimate of drug-likeness (QED) is 0.387. The third kappa shape index (κ3) is 6.57. The van der Waals surface area contributed by atoms with Gasteiger partial charge in [-0.15, -0.1) is 11.3 Å². The van der Waals surface area contributed by atoms with E-state index in [9.17, 15) is 22.7 Å². The molecule has 0 saturated carbocycles. The standard InChI is InChI=1S/C23H25FN2O5S2.Na/c1-14-9-15(2)21(31-12-18-5-7-19(8-6-18)22(27)28)20(10-14)26(11-16(3)24)33(29,30)23-25-17(4)13-32-23;/h5-10,13,16H,11-12H2,1-4H3,(H,27,28);/q;+1/p-1. The van der Waals surface area contributed by atoms with Crippen molar-refractivity contribution < 1.29 is 57.0 Å². The van der Waals surface area contributed by atoms with Gasteiger partial charge < -0.3 is 14.6 Å². The van der Waals surface area contributed by atoms with Crippen LogP contribution in [0.5, 0.6) is 5.75 Å². The summed E-state index contributed by atoms with van der Waals surface area (Å²) in [6.45, 7) is 6.23. The number of anilines is 1. The number of alkyl halides is 1. The molecule has 2 aromatic carbocycles. The summed E-state index contributed by atoms with van der Waals surface area (Å²) in [5.41, 5.74) is 2.96. The topological polar surface area (TPSA) is 99.6 Å². The summed E-state index contributed by atoms with van der Waals surface area (Å²) >= 11 is 0.978. The molecule has 0 saturated heterocycles. The minimum absolute atomic E-state index is 0. The molecule has 0 spiro atoms. The van der Waals surface area contributed by atoms with Gasteiger partial charge in [0.15, 0.2) is 0 Å². The number of carbonyl (C=O) groups excluding carboxylic acids is 1. The number of nitrogens with zero attached hydrogens (tertiary/aromatic N) is 2. The number of hydrogen-bond acceptors (Lipinski definition) is 7. The predicted molar refractivity (Wildman–Crippen MR) is 123 cm³/mol. The van der Waals surface area contributed by atoms with Crippen LogP contribution in [-0.2, 0) is 16.6 Å². The van der Waals surface area contributed by atoms with Crippen molar-refractivity contribution in [2.45, 2.75) is 44.8 Å². The van der Waals surface area contributed by atoms with Gasteiger partial charge in [0.05, 0.1) is 18.2 Å². The van der Waals surface area contributed by atoms with Gasteiger partial charge in [-0.05, 0) is 56.0 Å². The molecular weight excluding hydrogens is 490 g/mol. The van der Waals surface area contributed by atoms with E-state index in [1.807, 2.05) is 13.0 Å². The molecule has 0 fully saturated rings. The third-order valence-corrected chi connectivity index (χ3v) is 7.90. The second-order valence-electron chi connectivity index (χ2n) is 7.77. The maximum Gasteiger partial charge on any atom is 1.00 e. The van der Waals surface area contributed by atoms with E-state index in [2.05, 4.69) is 4.98 Å². The molecule has 1 unspecified atom stereocenters. The molecule has 3 aromatic rings. The summed E-state index contributed by atoms with van der Waals surface area (Å²) in [7, 11) is -4.13. The summed E-state index contributed by atoms with van der Waals surface area (Å²) < 4.78 is 47.9. The summed E-state index contributed by atoms with van der Waals surface area (Å²) in [5, 5.41) is 12.6. The van der Waals surface area contributed by atoms with Crippen LogP contribution in [0.2, 0.25) is 0 Å². The van der Waals surface area contributed by atoms with E-state index in [4.69, 9.17) is 4.74 Å². The molecule has 0 amide bonds. The van der Waals surface area contributed by atoms with Crippen molar-refractivity contribution in [2.24, 2.45) is 0 Å². The predicted octanol–water partition coefficient (Wildman–Crippen LogP) is 0.568. The van der Waals surface area contributed by atoms with E-state index in [0.717, 1.165) is 21.2 Å². The number of rotatable bonds is 9. The van der Waals surface area contributed by atoms with Gasteiger partial charge in [0.2, 0.25) is 4.34 Å². The number of aromatic carboxylic acids is 1. The van der Waals surface area contributed by atoms with Crippen LogP contribution in [-0.4, -0.2) is 32.1 Å². The van der Waals surface area contributed by atoms with E-state index >= 15 is 0 Å². The Morgan fingerprint density at radius 3 is 2.38 bits per heavy atom. The Kier molecular flexibility index (Phi) is 9.67. The average Bonchev–Trinajstić information content (AvgIpc) is 3.18. The molecular formula is C23H24FN2NaO5S2. The van der Waals surface area contributed by atoms with Crippen LogP contribution in [0.1, 0.15) is 39.7 Å². The molecule has 0 aliphatic carbocycles. The molecule has 1 aromatic heterocycles. The fraction of sp³-hybridized carbons (Fsp3) is 0.304. The van der Waals surface area contributed by atoms with Crippen LogP contribution >= 0.6 is 11.3 Å². The number of carboxylic acid groups (broad SMARTS) is 1. The van der Waals surface area contributed by atoms with Crippen molar-refractivity contribution in [3.63, 3.8) is 0 Å². The van der Waals surface area contributed by atoms with Crippen molar-refractivity contribution in [1.29, 1.82) is 0 Å². The largest absolute Gasteiger partial charge is 1.00 e. The molecule has 0 aliphatic rings. The van der Waals surface area contributed by atoms with Crippen molar-refractivity contribution in [3.8, 4) is 5.75 Å². The Morgan fingerprint density at radius 1 is 1.21 bits per heavy atom. The number of aryl methyl sites for hydroxylation is 3. The Labute approximate surface area is 224 Å². The number of hydrogen-bond donors (Lipinski definition) is 0. The summed E-state index contributed by atoms with van der Waals surface area (Å²) in [4.78, 5) is 15.0. The maximum atomic E-state index is 14.2. The number of benzene rings is 2. The second-order valence-corrected chi connectivity index (χ2v) is 10.7. The normalized spacial score (nSPS) is 12.0. The first-order valence-corrected chi connectivity index (χ1v) is 12.4. The van der Waals surface area contributed by atoms with Gasteiger partial charge in [-0.2, -0.15) is 8.42 Å². The first kappa shape index (κ1) is 28.3. The Hall–Kier alpha value is -1.98. The molecule has 0 bridgehead atoms. The third-order valence-electron chi connectivity index (χ3n) is 4.77. The van der Waals surface area contributed by atoms with Crippen LogP contribution in [0.25, 0.3) is 0 Å². The zero-order chi connectivity index (χ0) is 24.3. The summed E-state index contributed by atoms with van der Waals surface area (Å²) in [6, 6.07) is 9.47. The van der Waals surface area contributed by atoms with E-state index in [0.29, 0.717) is 22.6 Å². The van der Waals surface area contributed by atoms with Gasteiger partial charge in [-0.25, -0.2) is 9.37 Å². The smallest absolute Gasteiger partial charge is 0.545 e. The van der Waals surface area contributed by atoms with Gasteiger partial charge in [0.25, 0.3) is 10.0 Å². The van der Waals surface area contributed by atoms with Crippen LogP contribution in [0.15, 0.2) is 46.1 Å². The molecule has 3 rings (SSSR count). The van der Waals surface area contributed by atoms with Crippen molar-refractivity contribution in [2.75, 3.05) is 10.8 Å². The van der Waals surface area contributed by atoms with Gasteiger partial charge in [-0.3, -0.25) is 4.31 Å². The number of carboxylic acids is 1. The molecule has 11 heteroatoms. The minimum Gasteiger partial charge on any atom is -0.545 e. The fourth-order valence-electron chi connectivity index (χ4n) is 3.30. The number of sulfonamides is 1. The van der Waals surface area contributed by atoms with Crippen molar-refractivity contribution >= 4 is 33.0 Å². The average molecular weight is 515 g/mol. The molecule has 176 valence electrons. The molecule has 0 aliphatic heterocycles. The first-order chi connectivity index (χ1) is 15.5. The van der Waals surface area contributed by atoms with E-state index in [1.165, 1.54) is 19.1 Å². The monoisotopic (exact) mass is 514 g/mol. The number of thiazole rings is 1. The summed E-state index contributed by atoms with van der Waals surface area (Å²) in [6.07, 6.45) is -1.44. The maximum absolute atomic E-state index is 14.2. The molecule has 1 atom stereocenters. The number of carbonyl (C=O) groups is 1. The second kappa shape index (κ2) is 11.6. The molecule has 1 heterocycles. The zero-order valence-electron chi connectivity index (χ0n) is 19.7. The van der Waals surface area contributed by atoms with Gasteiger partial charge in [0.1, 0.15) is 18.5 Å². The fourth-order valence-corrected chi connectivity index (χ4v) is 5.96. The van der Waals surface area contributed by atoms with E-state index < -0.39 is 28.7 Å². The summed E-state index contributed by atoms with van der Waals surface area (Å²) in [5.74, 6) is -0.986.